The van der Waals surface area contributed by atoms with Crippen LogP contribution in [0.5, 0.6) is 11.5 Å². The van der Waals surface area contributed by atoms with Crippen LogP contribution in [0.3, 0.4) is 0 Å². The van der Waals surface area contributed by atoms with Crippen LogP contribution in [0.25, 0.3) is 0 Å². The summed E-state index contributed by atoms with van der Waals surface area (Å²) >= 11 is 5.71. The van der Waals surface area contributed by atoms with Gasteiger partial charge in [0.25, 0.3) is 5.91 Å². The summed E-state index contributed by atoms with van der Waals surface area (Å²) in [6.45, 7) is 0.366. The molecule has 0 radical (unpaired) electrons. The predicted octanol–water partition coefficient (Wildman–Crippen LogP) is 4.17. The first-order valence-electron chi connectivity index (χ1n) is 11.5. The second-order valence-electron chi connectivity index (χ2n) is 8.43. The molecule has 1 aliphatic rings. The first-order valence-corrected chi connectivity index (χ1v) is 11.9. The number of benzene rings is 3. The molecule has 0 bridgehead atoms. The molecule has 3 amide bonds. The van der Waals surface area contributed by atoms with E-state index in [1.54, 1.807) is 36.3 Å². The Balaban J connectivity index is 1.26. The first-order chi connectivity index (χ1) is 17.8. The zero-order valence-corrected chi connectivity index (χ0v) is 20.8. The maximum absolute atomic E-state index is 13.2. The molecule has 3 aromatic rings. The molecule has 1 aliphatic heterocycles. The molecule has 8 nitrogen and oxygen atoms in total. The van der Waals surface area contributed by atoms with Crippen LogP contribution >= 0.6 is 11.6 Å². The Morgan fingerprint density at radius 3 is 2.43 bits per heavy atom. The number of ether oxygens (including phenoxy) is 2. The second kappa shape index (κ2) is 11.7. The van der Waals surface area contributed by atoms with Crippen molar-refractivity contribution >= 4 is 40.7 Å². The van der Waals surface area contributed by atoms with Crippen LogP contribution in [0.1, 0.15) is 12.0 Å². The Morgan fingerprint density at radius 1 is 1.05 bits per heavy atom. The Bertz CT molecular complexity index is 1280. The molecule has 37 heavy (non-hydrogen) atoms. The summed E-state index contributed by atoms with van der Waals surface area (Å²) in [6, 6.07) is 17.9. The lowest BCUT2D eigenvalue weighted by Crippen LogP contribution is -2.32. The average Bonchev–Trinajstić information content (AvgIpc) is 3.30. The monoisotopic (exact) mass is 525 g/mol. The molecule has 0 aliphatic carbocycles. The third-order valence-electron chi connectivity index (χ3n) is 5.84. The van der Waals surface area contributed by atoms with Crippen LogP contribution in [0.2, 0.25) is 5.02 Å². The van der Waals surface area contributed by atoms with Gasteiger partial charge >= 0.3 is 0 Å². The summed E-state index contributed by atoms with van der Waals surface area (Å²) in [6.07, 6.45) is 0.125. The molecule has 0 spiro atoms. The number of amides is 3. The van der Waals surface area contributed by atoms with E-state index in [0.717, 1.165) is 17.4 Å². The Kier molecular flexibility index (Phi) is 8.25. The van der Waals surface area contributed by atoms with Gasteiger partial charge < -0.3 is 25.0 Å². The van der Waals surface area contributed by atoms with E-state index < -0.39 is 17.6 Å². The third-order valence-corrected chi connectivity index (χ3v) is 6.13. The minimum absolute atomic E-state index is 0.0947. The van der Waals surface area contributed by atoms with Crippen molar-refractivity contribution < 1.29 is 28.2 Å². The molecule has 4 rings (SSSR count). The molecule has 0 unspecified atom stereocenters. The van der Waals surface area contributed by atoms with Gasteiger partial charge in [-0.2, -0.15) is 0 Å². The molecule has 3 aromatic carbocycles. The van der Waals surface area contributed by atoms with Crippen molar-refractivity contribution in [1.29, 1.82) is 0 Å². The van der Waals surface area contributed by atoms with Gasteiger partial charge in [0.15, 0.2) is 6.61 Å². The Labute approximate surface area is 218 Å². The highest BCUT2D eigenvalue weighted by Gasteiger charge is 2.35. The number of carbonyl (C=O) groups excluding carboxylic acids is 3. The lowest BCUT2D eigenvalue weighted by molar-refractivity contribution is -0.126. The lowest BCUT2D eigenvalue weighted by atomic mass is 10.1. The van der Waals surface area contributed by atoms with Gasteiger partial charge in [0.1, 0.15) is 17.3 Å². The van der Waals surface area contributed by atoms with Crippen molar-refractivity contribution in [2.24, 2.45) is 5.92 Å². The number of nitrogens with one attached hydrogen (secondary N) is 2. The zero-order chi connectivity index (χ0) is 26.4. The van der Waals surface area contributed by atoms with E-state index in [1.165, 1.54) is 12.1 Å². The fraction of sp³-hybridized carbons (Fsp3) is 0.222. The van der Waals surface area contributed by atoms with Crippen LogP contribution in [0, 0.1) is 11.7 Å². The number of rotatable bonds is 9. The van der Waals surface area contributed by atoms with Crippen LogP contribution in [-0.2, 0) is 20.9 Å². The molecule has 10 heteroatoms. The van der Waals surface area contributed by atoms with E-state index in [9.17, 15) is 18.8 Å². The zero-order valence-electron chi connectivity index (χ0n) is 20.0. The molecule has 192 valence electrons. The molecule has 0 saturated carbocycles. The van der Waals surface area contributed by atoms with Crippen molar-refractivity contribution in [3.8, 4) is 11.5 Å². The minimum atomic E-state index is -0.576. The third kappa shape index (κ3) is 6.77. The van der Waals surface area contributed by atoms with Crippen molar-refractivity contribution in [1.82, 2.24) is 5.32 Å². The molecular weight excluding hydrogens is 501 g/mol. The molecule has 1 atom stereocenters. The van der Waals surface area contributed by atoms with Crippen LogP contribution in [0.4, 0.5) is 15.8 Å². The topological polar surface area (TPSA) is 97.0 Å². The van der Waals surface area contributed by atoms with E-state index in [1.807, 2.05) is 24.3 Å². The molecule has 0 aromatic heterocycles. The van der Waals surface area contributed by atoms with Crippen molar-refractivity contribution in [2.45, 2.75) is 13.0 Å². The van der Waals surface area contributed by atoms with Crippen LogP contribution < -0.4 is 25.0 Å². The summed E-state index contributed by atoms with van der Waals surface area (Å²) in [5, 5.41) is 5.37. The van der Waals surface area contributed by atoms with Crippen molar-refractivity contribution in [2.75, 3.05) is 30.5 Å². The molecular formula is C27H25ClFN3O5. The Morgan fingerprint density at radius 2 is 1.76 bits per heavy atom. The van der Waals surface area contributed by atoms with Gasteiger partial charge in [0.2, 0.25) is 11.8 Å². The number of methoxy groups -OCH3 is 1. The van der Waals surface area contributed by atoms with Gasteiger partial charge in [0.05, 0.1) is 18.1 Å². The summed E-state index contributed by atoms with van der Waals surface area (Å²) in [4.78, 5) is 38.9. The fourth-order valence-electron chi connectivity index (χ4n) is 3.85. The first kappa shape index (κ1) is 26.0. The smallest absolute Gasteiger partial charge is 0.262 e. The van der Waals surface area contributed by atoms with Crippen LogP contribution in [0.15, 0.2) is 66.7 Å². The van der Waals surface area contributed by atoms with E-state index in [-0.39, 0.29) is 36.4 Å². The molecule has 1 heterocycles. The van der Waals surface area contributed by atoms with Gasteiger partial charge in [-0.3, -0.25) is 14.4 Å². The fourth-order valence-corrected chi connectivity index (χ4v) is 4.03. The van der Waals surface area contributed by atoms with E-state index in [4.69, 9.17) is 21.1 Å². The number of hydrogen-bond acceptors (Lipinski definition) is 5. The number of hydrogen-bond donors (Lipinski definition) is 2. The van der Waals surface area contributed by atoms with E-state index in [2.05, 4.69) is 10.6 Å². The van der Waals surface area contributed by atoms with Gasteiger partial charge in [-0.05, 0) is 60.2 Å². The highest BCUT2D eigenvalue weighted by atomic mass is 35.5. The highest BCUT2D eigenvalue weighted by Crippen LogP contribution is 2.27. The van der Waals surface area contributed by atoms with Crippen molar-refractivity contribution in [3.63, 3.8) is 0 Å². The van der Waals surface area contributed by atoms with Gasteiger partial charge in [-0.1, -0.05) is 23.7 Å². The normalized spacial score (nSPS) is 14.8. The van der Waals surface area contributed by atoms with Crippen LogP contribution in [-0.4, -0.2) is 38.0 Å². The van der Waals surface area contributed by atoms with E-state index >= 15 is 0 Å². The predicted molar refractivity (Wildman–Crippen MR) is 137 cm³/mol. The molecule has 1 saturated heterocycles. The maximum Gasteiger partial charge on any atom is 0.262 e. The number of halogens is 2. The van der Waals surface area contributed by atoms with Gasteiger partial charge in [-0.25, -0.2) is 4.39 Å². The number of carbonyl (C=O) groups is 3. The number of anilines is 2. The maximum atomic E-state index is 13.2. The second-order valence-corrected chi connectivity index (χ2v) is 8.84. The highest BCUT2D eigenvalue weighted by molar-refractivity contribution is 6.31. The summed E-state index contributed by atoms with van der Waals surface area (Å²) in [5.74, 6) is -0.627. The summed E-state index contributed by atoms with van der Waals surface area (Å²) in [7, 11) is 1.59. The molecule has 1 fully saturated rings. The number of nitrogens with zero attached hydrogens (tertiary/aromatic N) is 1. The average molecular weight is 526 g/mol. The summed E-state index contributed by atoms with van der Waals surface area (Å²) in [5.41, 5.74) is 1.92. The van der Waals surface area contributed by atoms with E-state index in [0.29, 0.717) is 23.7 Å². The lowest BCUT2D eigenvalue weighted by Gasteiger charge is -2.17. The Hall–Kier alpha value is -4.11. The van der Waals surface area contributed by atoms with Gasteiger partial charge in [-0.15, -0.1) is 0 Å². The van der Waals surface area contributed by atoms with Crippen molar-refractivity contribution in [3.05, 3.63) is 83.1 Å². The quantitative estimate of drug-likeness (QED) is 0.437. The standard InChI is InChI=1S/C27H25ClFN3O5/c1-36-21-7-2-17(3-8-21)14-30-27(35)18-12-26(34)32(15-18)20-5-9-22(10-6-20)37-16-25(33)31-19-4-11-24(29)23(28)13-19/h2-11,13,18H,12,14-16H2,1H3,(H,30,35)(H,31,33)/t18-/m0/s1. The largest absolute Gasteiger partial charge is 0.497 e. The van der Waals surface area contributed by atoms with Gasteiger partial charge in [0, 0.05) is 30.9 Å². The minimum Gasteiger partial charge on any atom is -0.497 e. The summed E-state index contributed by atoms with van der Waals surface area (Å²) < 4.78 is 23.9. The SMILES string of the molecule is COc1ccc(CNC(=O)[C@H]2CC(=O)N(c3ccc(OCC(=O)Nc4ccc(F)c(Cl)c4)cc3)C2)cc1. The molecule has 2 N–H and O–H groups in total.